The van der Waals surface area contributed by atoms with Gasteiger partial charge in [-0.3, -0.25) is 4.79 Å². The summed E-state index contributed by atoms with van der Waals surface area (Å²) >= 11 is 5.50. The number of fused-ring (bicyclic) bond motifs is 5. The molecule has 3 saturated carbocycles. The van der Waals surface area contributed by atoms with E-state index in [1.54, 1.807) is 13.8 Å². The molecule has 10 heteroatoms. The maximum absolute atomic E-state index is 17.3. The highest BCUT2D eigenvalue weighted by Gasteiger charge is 2.76. The molecular formula is C27H29F3O6S. The normalized spacial score (nSPS) is 42.6. The number of hydrogen-bond acceptors (Lipinski definition) is 7. The zero-order valence-electron chi connectivity index (χ0n) is 20.8. The summed E-state index contributed by atoms with van der Waals surface area (Å²) in [6, 6.07) is 2.94. The van der Waals surface area contributed by atoms with Crippen molar-refractivity contribution in [2.75, 3.05) is 6.86 Å². The third-order valence-electron chi connectivity index (χ3n) is 9.80. The molecule has 200 valence electrons. The highest BCUT2D eigenvalue weighted by atomic mass is 32.1. The Morgan fingerprint density at radius 2 is 1.97 bits per heavy atom. The van der Waals surface area contributed by atoms with Gasteiger partial charge in [-0.05, 0) is 74.5 Å². The van der Waals surface area contributed by atoms with Gasteiger partial charge in [-0.15, -0.1) is 0 Å². The molecule has 0 radical (unpaired) electrons. The molecule has 1 aromatic rings. The predicted molar refractivity (Wildman–Crippen MR) is 130 cm³/mol. The molecule has 0 amide bonds. The maximum Gasteiger partial charge on any atom is 0.375 e. The van der Waals surface area contributed by atoms with Gasteiger partial charge < -0.3 is 19.0 Å². The Morgan fingerprint density at radius 1 is 1.24 bits per heavy atom. The van der Waals surface area contributed by atoms with Gasteiger partial charge in [-0.2, -0.15) is 0 Å². The van der Waals surface area contributed by atoms with Crippen LogP contribution in [0.4, 0.5) is 13.2 Å². The summed E-state index contributed by atoms with van der Waals surface area (Å²) in [5.41, 5.74) is -6.64. The van der Waals surface area contributed by atoms with Crippen LogP contribution < -0.4 is 0 Å². The van der Waals surface area contributed by atoms with E-state index in [4.69, 9.17) is 26.1 Å². The van der Waals surface area contributed by atoms with Gasteiger partial charge in [0.1, 0.15) is 17.6 Å². The fourth-order valence-electron chi connectivity index (χ4n) is 7.95. The van der Waals surface area contributed by atoms with Crippen LogP contribution in [0.5, 0.6) is 0 Å². The first-order valence-corrected chi connectivity index (χ1v) is 12.8. The minimum Gasteiger partial charge on any atom is -0.508 e. The zero-order chi connectivity index (χ0) is 27.0. The van der Waals surface area contributed by atoms with Crippen molar-refractivity contribution in [2.45, 2.75) is 63.9 Å². The molecule has 6 nitrogen and oxygen atoms in total. The third kappa shape index (κ3) is 3.20. The monoisotopic (exact) mass is 538 g/mol. The number of hydrogen-bond donors (Lipinski definition) is 1. The van der Waals surface area contributed by atoms with E-state index in [2.05, 4.69) is 0 Å². The minimum absolute atomic E-state index is 0.0577. The van der Waals surface area contributed by atoms with Crippen LogP contribution >= 0.6 is 12.2 Å². The van der Waals surface area contributed by atoms with Crippen molar-refractivity contribution in [1.29, 1.82) is 0 Å². The molecule has 8 atom stereocenters. The number of thiocarbonyl (C=S) groups is 1. The number of alkyl halides is 3. The number of allylic oxidation sites excluding steroid dienone is 3. The van der Waals surface area contributed by atoms with Crippen molar-refractivity contribution in [3.63, 3.8) is 0 Å². The Kier molecular flexibility index (Phi) is 5.93. The molecule has 4 aliphatic carbocycles. The van der Waals surface area contributed by atoms with Crippen molar-refractivity contribution >= 4 is 29.0 Å². The van der Waals surface area contributed by atoms with Crippen LogP contribution in [0.2, 0.25) is 0 Å². The highest BCUT2D eigenvalue weighted by Crippen LogP contribution is 2.72. The van der Waals surface area contributed by atoms with E-state index in [1.807, 2.05) is 0 Å². The molecule has 0 aliphatic heterocycles. The van der Waals surface area contributed by atoms with Crippen LogP contribution in [0.25, 0.3) is 0 Å². The molecule has 3 fully saturated rings. The molecular weight excluding hydrogens is 509 g/mol. The Hall–Kier alpha value is -2.62. The summed E-state index contributed by atoms with van der Waals surface area (Å²) < 4.78 is 62.8. The van der Waals surface area contributed by atoms with Crippen molar-refractivity contribution < 1.29 is 41.8 Å². The molecule has 1 N–H and O–H groups in total. The lowest BCUT2D eigenvalue weighted by molar-refractivity contribution is -0.177. The summed E-state index contributed by atoms with van der Waals surface area (Å²) in [7, 11) is 0. The van der Waals surface area contributed by atoms with E-state index in [1.165, 1.54) is 25.3 Å². The highest BCUT2D eigenvalue weighted by molar-refractivity contribution is 7.80. The first kappa shape index (κ1) is 26.0. The maximum atomic E-state index is 17.3. The number of ether oxygens (including phenoxy) is 2. The summed E-state index contributed by atoms with van der Waals surface area (Å²) in [6.45, 7) is 3.72. The molecule has 5 rings (SSSR count). The second-order valence-corrected chi connectivity index (χ2v) is 11.5. The number of furan rings is 1. The summed E-state index contributed by atoms with van der Waals surface area (Å²) in [5.74, 6) is -4.02. The van der Waals surface area contributed by atoms with Gasteiger partial charge >= 0.3 is 5.97 Å². The van der Waals surface area contributed by atoms with Gasteiger partial charge in [0, 0.05) is 23.3 Å². The lowest BCUT2D eigenvalue weighted by Crippen LogP contribution is -2.67. The van der Waals surface area contributed by atoms with Crippen molar-refractivity contribution in [3.8, 4) is 0 Å². The van der Waals surface area contributed by atoms with Crippen LogP contribution in [0, 0.1) is 28.6 Å². The van der Waals surface area contributed by atoms with Crippen molar-refractivity contribution in [3.05, 3.63) is 47.6 Å². The first-order valence-electron chi connectivity index (χ1n) is 12.4. The number of rotatable bonds is 4. The van der Waals surface area contributed by atoms with Gasteiger partial charge in [0.05, 0.1) is 11.7 Å². The molecule has 0 unspecified atom stereocenters. The van der Waals surface area contributed by atoms with Gasteiger partial charge in [-0.1, -0.05) is 13.8 Å². The van der Waals surface area contributed by atoms with Gasteiger partial charge in [0.25, 0.3) is 0 Å². The number of aliphatic hydroxyl groups excluding tert-OH is 1. The average Bonchev–Trinajstić information content (AvgIpc) is 3.45. The molecule has 1 aromatic heterocycles. The third-order valence-corrected chi connectivity index (χ3v) is 10.2. The molecule has 37 heavy (non-hydrogen) atoms. The molecule has 1 heterocycles. The molecule has 0 bridgehead atoms. The minimum atomic E-state index is -2.12. The van der Waals surface area contributed by atoms with Crippen LogP contribution in [0.1, 0.15) is 57.0 Å². The number of halogens is 3. The second kappa shape index (κ2) is 8.44. The second-order valence-electron chi connectivity index (χ2n) is 11.1. The molecule has 0 saturated heterocycles. The first-order chi connectivity index (χ1) is 17.4. The Bertz CT molecular complexity index is 1210. The summed E-state index contributed by atoms with van der Waals surface area (Å²) in [4.78, 5) is 26.3. The van der Waals surface area contributed by atoms with E-state index < -0.39 is 70.4 Å². The topological polar surface area (TPSA) is 86.0 Å². The Morgan fingerprint density at radius 3 is 2.62 bits per heavy atom. The summed E-state index contributed by atoms with van der Waals surface area (Å²) in [5, 5.41) is 9.69. The van der Waals surface area contributed by atoms with Crippen molar-refractivity contribution in [2.24, 2.45) is 28.6 Å². The largest absolute Gasteiger partial charge is 0.508 e. The number of ketones is 1. The van der Waals surface area contributed by atoms with E-state index in [9.17, 15) is 19.1 Å². The van der Waals surface area contributed by atoms with Crippen LogP contribution in [-0.2, 0) is 14.3 Å². The van der Waals surface area contributed by atoms with E-state index in [-0.39, 0.29) is 42.1 Å². The summed E-state index contributed by atoms with van der Waals surface area (Å²) in [6.07, 6.45) is 1.78. The van der Waals surface area contributed by atoms with Crippen LogP contribution in [0.3, 0.4) is 0 Å². The van der Waals surface area contributed by atoms with Crippen LogP contribution in [0.15, 0.2) is 46.3 Å². The molecule has 0 aromatic carbocycles. The number of aliphatic hydroxyl groups is 1. The molecule has 0 spiro atoms. The quantitative estimate of drug-likeness (QED) is 0.376. The lowest BCUT2D eigenvalue weighted by Gasteiger charge is -2.61. The van der Waals surface area contributed by atoms with Gasteiger partial charge in [-0.25, -0.2) is 18.0 Å². The van der Waals surface area contributed by atoms with E-state index in [0.717, 1.165) is 12.2 Å². The average molecular weight is 539 g/mol. The van der Waals surface area contributed by atoms with E-state index in [0.29, 0.717) is 0 Å². The standard InChI is InChI=1S/C27H29F3O6S/c1-14-9-16-17-12-19(29)18-10-15(31)11-21(32)25(18,3)26(17,30)7-6-24(16,2)27(14,23(37)35-13-28)36-22(33)20-5-4-8-34-20/h4-5,8,10-11,14,16-17,19,31H,6-7,9,12-13H2,1-3H3/t14-,16+,17+,19+,24+,25-,26-,27-/m1/s1. The van der Waals surface area contributed by atoms with Crippen molar-refractivity contribution in [1.82, 2.24) is 0 Å². The predicted octanol–water partition coefficient (Wildman–Crippen LogP) is 5.93. The van der Waals surface area contributed by atoms with Crippen LogP contribution in [-0.4, -0.2) is 46.2 Å². The zero-order valence-corrected chi connectivity index (χ0v) is 21.6. The number of esters is 1. The van der Waals surface area contributed by atoms with Gasteiger partial charge in [0.15, 0.2) is 11.4 Å². The Labute approximate surface area is 217 Å². The Balaban J connectivity index is 1.61. The van der Waals surface area contributed by atoms with E-state index >= 15 is 8.78 Å². The lowest BCUT2D eigenvalue weighted by atomic mass is 9.44. The molecule has 4 aliphatic rings. The number of carbonyl (C=O) groups is 2. The fraction of sp³-hybridized carbons (Fsp3) is 0.593. The SMILES string of the molecule is C[C@@H]1C[C@H]2[C@@H]3C[C@H](F)C4=CC(O)=CC(=O)[C@]4(C)[C@@]3(F)CC[C@]2(C)[C@]1(OC(=O)c1ccco1)C(=S)OCF. The fourth-order valence-corrected chi connectivity index (χ4v) is 8.47. The number of carbonyl (C=O) groups excluding carboxylic acids is 2. The smallest absolute Gasteiger partial charge is 0.375 e. The van der Waals surface area contributed by atoms with Gasteiger partial charge in [0.2, 0.25) is 17.7 Å².